The van der Waals surface area contributed by atoms with Crippen LogP contribution in [-0.2, 0) is 19.6 Å². The number of ether oxygens (including phenoxy) is 1. The molecule has 126 valence electrons. The molecule has 21 heavy (non-hydrogen) atoms. The van der Waals surface area contributed by atoms with Crippen molar-refractivity contribution < 1.29 is 23.1 Å². The van der Waals surface area contributed by atoms with Crippen LogP contribution in [0.3, 0.4) is 0 Å². The summed E-state index contributed by atoms with van der Waals surface area (Å²) in [6.45, 7) is 5.81. The van der Waals surface area contributed by atoms with Crippen molar-refractivity contribution in [3.63, 3.8) is 0 Å². The predicted octanol–water partition coefficient (Wildman–Crippen LogP) is -0.146. The van der Waals surface area contributed by atoms with Crippen molar-refractivity contribution in [3.8, 4) is 0 Å². The maximum absolute atomic E-state index is 12.1. The molecule has 0 radical (unpaired) electrons. The molecule has 2 unspecified atom stereocenters. The van der Waals surface area contributed by atoms with Gasteiger partial charge in [0.25, 0.3) is 0 Å². The first kappa shape index (κ1) is 20.3. The first-order chi connectivity index (χ1) is 9.47. The Bertz CT molecular complexity index is 420. The highest BCUT2D eigenvalue weighted by Gasteiger charge is 2.26. The summed E-state index contributed by atoms with van der Waals surface area (Å²) in [4.78, 5) is 12.1. The lowest BCUT2D eigenvalue weighted by Gasteiger charge is -2.25. The zero-order valence-corrected chi connectivity index (χ0v) is 14.3. The molecule has 0 heterocycles. The van der Waals surface area contributed by atoms with E-state index in [0.29, 0.717) is 19.4 Å². The summed E-state index contributed by atoms with van der Waals surface area (Å²) in [6.07, 6.45) is 1.78. The van der Waals surface area contributed by atoms with Gasteiger partial charge in [0, 0.05) is 26.7 Å². The van der Waals surface area contributed by atoms with Crippen LogP contribution in [0.25, 0.3) is 0 Å². The molecular weight excluding hydrogens is 296 g/mol. The summed E-state index contributed by atoms with van der Waals surface area (Å²) in [5.41, 5.74) is -1.10. The molecule has 8 heteroatoms. The molecule has 0 fully saturated rings. The van der Waals surface area contributed by atoms with E-state index in [4.69, 9.17) is 4.74 Å². The van der Waals surface area contributed by atoms with Crippen molar-refractivity contribution in [2.45, 2.75) is 45.3 Å². The summed E-state index contributed by atoms with van der Waals surface area (Å²) in [5, 5.41) is 12.6. The van der Waals surface area contributed by atoms with E-state index in [-0.39, 0.29) is 12.5 Å². The Kier molecular flexibility index (Phi) is 8.38. The third-order valence-electron chi connectivity index (χ3n) is 2.87. The molecular formula is C13H28N2O5S. The zero-order chi connectivity index (χ0) is 16.7. The first-order valence-electron chi connectivity index (χ1n) is 6.93. The Morgan fingerprint density at radius 2 is 1.95 bits per heavy atom. The topological polar surface area (TPSA) is 105 Å². The number of rotatable bonds is 10. The molecule has 0 aliphatic rings. The quantitative estimate of drug-likeness (QED) is 0.518. The normalized spacial score (nSPS) is 16.5. The van der Waals surface area contributed by atoms with Crippen LogP contribution < -0.4 is 10.0 Å². The summed E-state index contributed by atoms with van der Waals surface area (Å²) in [5.74, 6) is -0.282. The monoisotopic (exact) mass is 324 g/mol. The Labute approximate surface area is 127 Å². The van der Waals surface area contributed by atoms with Crippen molar-refractivity contribution >= 4 is 15.9 Å². The average Bonchev–Trinajstić information content (AvgIpc) is 2.30. The van der Waals surface area contributed by atoms with E-state index in [9.17, 15) is 18.3 Å². The third-order valence-corrected chi connectivity index (χ3v) is 3.58. The van der Waals surface area contributed by atoms with Gasteiger partial charge in [-0.15, -0.1) is 0 Å². The fourth-order valence-corrected chi connectivity index (χ4v) is 2.47. The van der Waals surface area contributed by atoms with E-state index in [0.717, 1.165) is 6.26 Å². The SMILES string of the molecule is COCCC(C)(O)CNC(=O)C(CC(C)C)NS(C)(=O)=O. The van der Waals surface area contributed by atoms with Crippen LogP contribution in [0.15, 0.2) is 0 Å². The standard InChI is InChI=1S/C13H28N2O5S/c1-10(2)8-11(15-21(5,18)19)12(16)14-9-13(3,17)6-7-20-4/h10-11,15,17H,6-9H2,1-5H3,(H,14,16). The zero-order valence-electron chi connectivity index (χ0n) is 13.5. The molecule has 0 aromatic carbocycles. The van der Waals surface area contributed by atoms with Gasteiger partial charge < -0.3 is 15.2 Å². The van der Waals surface area contributed by atoms with Gasteiger partial charge in [-0.05, 0) is 19.3 Å². The Morgan fingerprint density at radius 3 is 2.38 bits per heavy atom. The Hall–Kier alpha value is -0.700. The number of sulfonamides is 1. The molecule has 0 bridgehead atoms. The third kappa shape index (κ3) is 10.6. The number of hydrogen-bond donors (Lipinski definition) is 3. The van der Waals surface area contributed by atoms with Crippen LogP contribution in [0.2, 0.25) is 0 Å². The van der Waals surface area contributed by atoms with E-state index in [1.165, 1.54) is 7.11 Å². The summed E-state index contributed by atoms with van der Waals surface area (Å²) >= 11 is 0. The lowest BCUT2D eigenvalue weighted by atomic mass is 10.0. The van der Waals surface area contributed by atoms with Crippen LogP contribution in [0.1, 0.15) is 33.6 Å². The van der Waals surface area contributed by atoms with Crippen LogP contribution >= 0.6 is 0 Å². The van der Waals surface area contributed by atoms with Gasteiger partial charge in [0.1, 0.15) is 6.04 Å². The minimum absolute atomic E-state index is 0.0369. The molecule has 1 amide bonds. The molecule has 3 N–H and O–H groups in total. The molecule has 0 spiro atoms. The van der Waals surface area contributed by atoms with Crippen LogP contribution in [-0.4, -0.2) is 57.6 Å². The maximum atomic E-state index is 12.1. The van der Waals surface area contributed by atoms with E-state index in [1.807, 2.05) is 13.8 Å². The van der Waals surface area contributed by atoms with Gasteiger partial charge in [-0.25, -0.2) is 13.1 Å². The Balaban J connectivity index is 4.60. The number of hydrogen-bond acceptors (Lipinski definition) is 5. The molecule has 0 aliphatic carbocycles. The summed E-state index contributed by atoms with van der Waals surface area (Å²) in [6, 6.07) is -0.835. The van der Waals surface area contributed by atoms with Crippen molar-refractivity contribution in [2.24, 2.45) is 5.92 Å². The second-order valence-corrected chi connectivity index (χ2v) is 7.81. The number of aliphatic hydroxyl groups is 1. The van der Waals surface area contributed by atoms with Gasteiger partial charge >= 0.3 is 0 Å². The largest absolute Gasteiger partial charge is 0.388 e. The van der Waals surface area contributed by atoms with Crippen molar-refractivity contribution in [2.75, 3.05) is 26.5 Å². The second-order valence-electron chi connectivity index (χ2n) is 6.03. The maximum Gasteiger partial charge on any atom is 0.238 e. The first-order valence-corrected chi connectivity index (χ1v) is 8.82. The Morgan fingerprint density at radius 1 is 1.38 bits per heavy atom. The van der Waals surface area contributed by atoms with Crippen molar-refractivity contribution in [1.29, 1.82) is 0 Å². The van der Waals surface area contributed by atoms with Crippen LogP contribution in [0, 0.1) is 5.92 Å². The molecule has 0 saturated heterocycles. The second kappa shape index (κ2) is 8.67. The summed E-state index contributed by atoms with van der Waals surface area (Å²) in [7, 11) is -1.94. The lowest BCUT2D eigenvalue weighted by Crippen LogP contribution is -2.50. The van der Waals surface area contributed by atoms with Crippen molar-refractivity contribution in [1.82, 2.24) is 10.0 Å². The van der Waals surface area contributed by atoms with Crippen molar-refractivity contribution in [3.05, 3.63) is 0 Å². The minimum Gasteiger partial charge on any atom is -0.388 e. The lowest BCUT2D eigenvalue weighted by molar-refractivity contribution is -0.124. The molecule has 2 atom stereocenters. The number of nitrogens with one attached hydrogen (secondary N) is 2. The predicted molar refractivity (Wildman–Crippen MR) is 81.3 cm³/mol. The van der Waals surface area contributed by atoms with Gasteiger partial charge in [-0.2, -0.15) is 0 Å². The molecule has 0 rings (SSSR count). The highest BCUT2D eigenvalue weighted by atomic mass is 32.2. The average molecular weight is 324 g/mol. The van der Waals surface area contributed by atoms with Gasteiger partial charge in [0.05, 0.1) is 11.9 Å². The number of methoxy groups -OCH3 is 1. The van der Waals surface area contributed by atoms with E-state index < -0.39 is 27.6 Å². The van der Waals surface area contributed by atoms with E-state index >= 15 is 0 Å². The van der Waals surface area contributed by atoms with Gasteiger partial charge in [-0.3, -0.25) is 4.79 Å². The van der Waals surface area contributed by atoms with E-state index in [1.54, 1.807) is 6.92 Å². The molecule has 0 aliphatic heterocycles. The number of amides is 1. The van der Waals surface area contributed by atoms with Crippen LogP contribution in [0.4, 0.5) is 0 Å². The minimum atomic E-state index is -3.48. The van der Waals surface area contributed by atoms with E-state index in [2.05, 4.69) is 10.0 Å². The smallest absolute Gasteiger partial charge is 0.238 e. The van der Waals surface area contributed by atoms with Gasteiger partial charge in [0.2, 0.25) is 15.9 Å². The molecule has 7 nitrogen and oxygen atoms in total. The molecule has 0 aromatic heterocycles. The molecule has 0 saturated carbocycles. The fraction of sp³-hybridized carbons (Fsp3) is 0.923. The number of carbonyl (C=O) groups is 1. The molecule has 0 aromatic rings. The number of carbonyl (C=O) groups excluding carboxylic acids is 1. The van der Waals surface area contributed by atoms with Crippen LogP contribution in [0.5, 0.6) is 0 Å². The summed E-state index contributed by atoms with van der Waals surface area (Å²) < 4.78 is 29.8. The fourth-order valence-electron chi connectivity index (χ4n) is 1.75. The van der Waals surface area contributed by atoms with Gasteiger partial charge in [-0.1, -0.05) is 13.8 Å². The highest BCUT2D eigenvalue weighted by Crippen LogP contribution is 2.09. The highest BCUT2D eigenvalue weighted by molar-refractivity contribution is 7.88. The van der Waals surface area contributed by atoms with Gasteiger partial charge in [0.15, 0.2) is 0 Å².